The highest BCUT2D eigenvalue weighted by Crippen LogP contribution is 2.36. The number of aryl methyl sites for hydroxylation is 2. The molecule has 7 heteroatoms. The molecular formula is C23H19Cl4N3. The van der Waals surface area contributed by atoms with E-state index in [9.17, 15) is 0 Å². The zero-order chi connectivity index (χ0) is 22.0. The molecule has 0 amide bonds. The average molecular weight is 479 g/mol. The van der Waals surface area contributed by atoms with Crippen LogP contribution in [-0.4, -0.2) is 16.4 Å². The minimum Gasteiger partial charge on any atom is -0.248 e. The molecule has 0 aliphatic carbocycles. The van der Waals surface area contributed by atoms with Crippen LogP contribution in [0.15, 0.2) is 52.4 Å². The summed E-state index contributed by atoms with van der Waals surface area (Å²) in [5, 5.41) is 1.99. The highest BCUT2D eigenvalue weighted by Gasteiger charge is 2.11. The number of aromatic nitrogens is 1. The van der Waals surface area contributed by atoms with Gasteiger partial charge in [0.15, 0.2) is 0 Å². The molecule has 154 valence electrons. The standard InChI is InChI=1S/C23H19Cl4N3/c1-12-8-16(24)22(17(25)9-12)28-14(3)20-6-5-7-21(30-20)15(4)29-23-18(26)10-13(2)11-19(23)27/h5-11H,1-4H3. The van der Waals surface area contributed by atoms with Crippen molar-refractivity contribution in [1.29, 1.82) is 0 Å². The number of hydrogen-bond acceptors (Lipinski definition) is 3. The van der Waals surface area contributed by atoms with Crippen molar-refractivity contribution in [3.05, 3.63) is 85.1 Å². The third-order valence-corrected chi connectivity index (χ3v) is 5.52. The minimum absolute atomic E-state index is 0.497. The highest BCUT2D eigenvalue weighted by molar-refractivity contribution is 6.39. The van der Waals surface area contributed by atoms with Crippen LogP contribution in [0.2, 0.25) is 20.1 Å². The molecule has 0 saturated carbocycles. The van der Waals surface area contributed by atoms with Gasteiger partial charge in [-0.25, -0.2) is 15.0 Å². The Balaban J connectivity index is 1.99. The van der Waals surface area contributed by atoms with Crippen LogP contribution in [0.25, 0.3) is 0 Å². The molecule has 0 unspecified atom stereocenters. The van der Waals surface area contributed by atoms with E-state index in [0.29, 0.717) is 54.3 Å². The maximum Gasteiger partial charge on any atom is 0.101 e. The topological polar surface area (TPSA) is 37.6 Å². The summed E-state index contributed by atoms with van der Waals surface area (Å²) in [4.78, 5) is 13.9. The Bertz CT molecular complexity index is 1050. The first-order valence-electron chi connectivity index (χ1n) is 9.15. The predicted molar refractivity (Wildman–Crippen MR) is 130 cm³/mol. The number of hydrogen-bond donors (Lipinski definition) is 0. The molecule has 0 fully saturated rings. The lowest BCUT2D eigenvalue weighted by atomic mass is 10.2. The maximum atomic E-state index is 6.32. The summed E-state index contributed by atoms with van der Waals surface area (Å²) >= 11 is 25.3. The lowest BCUT2D eigenvalue weighted by Crippen LogP contribution is -2.05. The van der Waals surface area contributed by atoms with Gasteiger partial charge in [0.1, 0.15) is 11.4 Å². The van der Waals surface area contributed by atoms with Crippen molar-refractivity contribution in [1.82, 2.24) is 4.98 Å². The fraction of sp³-hybridized carbons (Fsp3) is 0.174. The molecule has 0 saturated heterocycles. The van der Waals surface area contributed by atoms with Gasteiger partial charge in [0.05, 0.1) is 42.9 Å². The van der Waals surface area contributed by atoms with E-state index in [4.69, 9.17) is 46.4 Å². The second kappa shape index (κ2) is 9.49. The summed E-state index contributed by atoms with van der Waals surface area (Å²) < 4.78 is 0. The predicted octanol–water partition coefficient (Wildman–Crippen LogP) is 8.59. The van der Waals surface area contributed by atoms with Crippen LogP contribution in [-0.2, 0) is 0 Å². The molecule has 30 heavy (non-hydrogen) atoms. The van der Waals surface area contributed by atoms with Gasteiger partial charge in [0, 0.05) is 0 Å². The Morgan fingerprint density at radius 3 is 1.33 bits per heavy atom. The fourth-order valence-electron chi connectivity index (χ4n) is 2.89. The average Bonchev–Trinajstić information content (AvgIpc) is 2.67. The third-order valence-electron chi connectivity index (χ3n) is 4.37. The monoisotopic (exact) mass is 477 g/mol. The van der Waals surface area contributed by atoms with Crippen LogP contribution in [0.3, 0.4) is 0 Å². The van der Waals surface area contributed by atoms with Gasteiger partial charge in [-0.1, -0.05) is 52.5 Å². The van der Waals surface area contributed by atoms with Gasteiger partial charge in [0.2, 0.25) is 0 Å². The number of aliphatic imine (C=N–C) groups is 2. The van der Waals surface area contributed by atoms with E-state index in [1.807, 2.05) is 70.2 Å². The molecule has 3 rings (SSSR count). The Kier molecular flexibility index (Phi) is 7.20. The van der Waals surface area contributed by atoms with Gasteiger partial charge in [-0.3, -0.25) is 0 Å². The summed E-state index contributed by atoms with van der Waals surface area (Å²) in [5.41, 5.74) is 5.75. The Morgan fingerprint density at radius 1 is 0.667 bits per heavy atom. The van der Waals surface area contributed by atoms with Crippen LogP contribution >= 0.6 is 46.4 Å². The molecule has 0 radical (unpaired) electrons. The van der Waals surface area contributed by atoms with Gasteiger partial charge in [-0.05, 0) is 75.2 Å². The lowest BCUT2D eigenvalue weighted by molar-refractivity contribution is 1.24. The number of halogens is 4. The first-order chi connectivity index (χ1) is 14.2. The van der Waals surface area contributed by atoms with Crippen molar-refractivity contribution < 1.29 is 0 Å². The zero-order valence-electron chi connectivity index (χ0n) is 16.9. The van der Waals surface area contributed by atoms with Crippen LogP contribution < -0.4 is 0 Å². The molecule has 1 aromatic heterocycles. The Hall–Kier alpha value is -1.91. The first kappa shape index (κ1) is 22.8. The molecular weight excluding hydrogens is 460 g/mol. The quantitative estimate of drug-likeness (QED) is 0.346. The summed E-state index contributed by atoms with van der Waals surface area (Å²) in [6.07, 6.45) is 0. The van der Waals surface area contributed by atoms with Crippen LogP contribution in [0.1, 0.15) is 36.4 Å². The molecule has 0 atom stereocenters. The van der Waals surface area contributed by atoms with Gasteiger partial charge >= 0.3 is 0 Å². The van der Waals surface area contributed by atoms with Crippen molar-refractivity contribution in [2.75, 3.05) is 0 Å². The number of rotatable bonds is 4. The highest BCUT2D eigenvalue weighted by atomic mass is 35.5. The van der Waals surface area contributed by atoms with E-state index < -0.39 is 0 Å². The minimum atomic E-state index is 0.497. The zero-order valence-corrected chi connectivity index (χ0v) is 19.9. The number of pyridine rings is 1. The molecule has 3 nitrogen and oxygen atoms in total. The SMILES string of the molecule is CC(=Nc1c(Cl)cc(C)cc1Cl)c1cccc(C(C)=Nc2c(Cl)cc(C)cc2Cl)n1. The van der Waals surface area contributed by atoms with Crippen molar-refractivity contribution in [3.8, 4) is 0 Å². The van der Waals surface area contributed by atoms with Crippen molar-refractivity contribution >= 4 is 69.2 Å². The smallest absolute Gasteiger partial charge is 0.101 e. The second-order valence-electron chi connectivity index (χ2n) is 6.96. The summed E-state index contributed by atoms with van der Waals surface area (Å²) in [6, 6.07) is 13.0. The molecule has 0 bridgehead atoms. The molecule has 3 aromatic rings. The van der Waals surface area contributed by atoms with Crippen molar-refractivity contribution in [2.45, 2.75) is 27.7 Å². The Morgan fingerprint density at radius 2 is 1.00 bits per heavy atom. The number of benzene rings is 2. The van der Waals surface area contributed by atoms with Crippen molar-refractivity contribution in [2.24, 2.45) is 9.98 Å². The van der Waals surface area contributed by atoms with E-state index in [2.05, 4.69) is 15.0 Å². The van der Waals surface area contributed by atoms with Gasteiger partial charge < -0.3 is 0 Å². The van der Waals surface area contributed by atoms with Gasteiger partial charge in [-0.15, -0.1) is 0 Å². The first-order valence-corrected chi connectivity index (χ1v) is 10.7. The van der Waals surface area contributed by atoms with Crippen molar-refractivity contribution in [3.63, 3.8) is 0 Å². The largest absolute Gasteiger partial charge is 0.248 e. The number of nitrogens with zero attached hydrogens (tertiary/aromatic N) is 3. The Labute approximate surface area is 196 Å². The van der Waals surface area contributed by atoms with Crippen LogP contribution in [0, 0.1) is 13.8 Å². The van der Waals surface area contributed by atoms with E-state index in [0.717, 1.165) is 11.1 Å². The molecule has 1 heterocycles. The van der Waals surface area contributed by atoms with Gasteiger partial charge in [0.25, 0.3) is 0 Å². The normalized spacial score (nSPS) is 12.4. The van der Waals surface area contributed by atoms with Gasteiger partial charge in [-0.2, -0.15) is 0 Å². The van der Waals surface area contributed by atoms with E-state index >= 15 is 0 Å². The van der Waals surface area contributed by atoms with Crippen LogP contribution in [0.5, 0.6) is 0 Å². The van der Waals surface area contributed by atoms with E-state index in [1.165, 1.54) is 0 Å². The molecule has 0 spiro atoms. The molecule has 0 aliphatic rings. The summed E-state index contributed by atoms with van der Waals surface area (Å²) in [6.45, 7) is 7.58. The summed E-state index contributed by atoms with van der Waals surface area (Å²) in [5.74, 6) is 0. The second-order valence-corrected chi connectivity index (χ2v) is 8.59. The molecule has 0 N–H and O–H groups in total. The molecule has 0 aliphatic heterocycles. The van der Waals surface area contributed by atoms with E-state index in [-0.39, 0.29) is 0 Å². The summed E-state index contributed by atoms with van der Waals surface area (Å²) in [7, 11) is 0. The molecule has 2 aromatic carbocycles. The lowest BCUT2D eigenvalue weighted by Gasteiger charge is -2.08. The third kappa shape index (κ3) is 5.22. The van der Waals surface area contributed by atoms with E-state index in [1.54, 1.807) is 0 Å². The maximum absolute atomic E-state index is 6.32. The van der Waals surface area contributed by atoms with Crippen LogP contribution in [0.4, 0.5) is 11.4 Å². The fourth-order valence-corrected chi connectivity index (χ4v) is 4.25.